The normalized spacial score (nSPS) is 34.8. The molecule has 0 aromatic rings. The van der Waals surface area contributed by atoms with Crippen molar-refractivity contribution in [3.05, 3.63) is 12.2 Å². The fraction of sp³-hybridized carbons (Fsp3) is 0.824. The Morgan fingerprint density at radius 2 is 2.10 bits per heavy atom. The number of hydrogen-bond acceptors (Lipinski definition) is 3. The Labute approximate surface area is 122 Å². The number of carbonyl (C=O) groups is 1. The lowest BCUT2D eigenvalue weighted by Gasteiger charge is -2.62. The van der Waals surface area contributed by atoms with Crippen molar-refractivity contribution in [2.24, 2.45) is 28.9 Å². The van der Waals surface area contributed by atoms with E-state index in [2.05, 4.69) is 18.6 Å². The quantitative estimate of drug-likeness (QED) is 0.461. The van der Waals surface area contributed by atoms with Crippen LogP contribution in [-0.4, -0.2) is 19.1 Å². The van der Waals surface area contributed by atoms with Crippen molar-refractivity contribution < 1.29 is 9.53 Å². The van der Waals surface area contributed by atoms with Crippen LogP contribution in [-0.2, 0) is 9.53 Å². The third-order valence-electron chi connectivity index (χ3n) is 5.79. The molecule has 0 aromatic carbocycles. The number of rotatable bonds is 6. The van der Waals surface area contributed by atoms with Crippen molar-refractivity contribution >= 4 is 5.97 Å². The van der Waals surface area contributed by atoms with Crippen LogP contribution in [0.2, 0.25) is 0 Å². The zero-order valence-corrected chi connectivity index (χ0v) is 13.1. The molecule has 0 aromatic heterocycles. The number of fused-ring (bicyclic) bond motifs is 2. The maximum atomic E-state index is 10.9. The Balaban J connectivity index is 1.64. The number of ether oxygens (including phenoxy) is 1. The number of esters is 1. The fourth-order valence-corrected chi connectivity index (χ4v) is 4.19. The van der Waals surface area contributed by atoms with Crippen LogP contribution in [0.25, 0.3) is 0 Å². The van der Waals surface area contributed by atoms with Gasteiger partial charge in [-0.2, -0.15) is 0 Å². The zero-order valence-electron chi connectivity index (χ0n) is 13.1. The molecule has 3 saturated carbocycles. The van der Waals surface area contributed by atoms with Gasteiger partial charge >= 0.3 is 5.97 Å². The van der Waals surface area contributed by atoms with E-state index in [1.165, 1.54) is 38.9 Å². The molecule has 3 aliphatic rings. The van der Waals surface area contributed by atoms with Gasteiger partial charge in [-0.15, -0.1) is 0 Å². The first-order valence-corrected chi connectivity index (χ1v) is 7.97. The van der Waals surface area contributed by atoms with Crippen molar-refractivity contribution in [1.29, 1.82) is 0 Å². The van der Waals surface area contributed by atoms with Crippen LogP contribution in [0.15, 0.2) is 12.2 Å². The van der Waals surface area contributed by atoms with Crippen molar-refractivity contribution in [2.45, 2.75) is 58.4 Å². The number of unbranched alkanes of at least 4 members (excludes halogenated alkanes) is 2. The van der Waals surface area contributed by atoms with Gasteiger partial charge in [0.2, 0.25) is 0 Å². The van der Waals surface area contributed by atoms with Gasteiger partial charge < -0.3 is 10.5 Å². The van der Waals surface area contributed by atoms with E-state index in [1.807, 2.05) is 6.08 Å². The van der Waals surface area contributed by atoms with Gasteiger partial charge in [0.05, 0.1) is 7.11 Å². The van der Waals surface area contributed by atoms with Gasteiger partial charge in [-0.3, -0.25) is 0 Å². The van der Waals surface area contributed by atoms with Crippen LogP contribution < -0.4 is 5.73 Å². The molecule has 0 spiro atoms. The molecule has 0 aliphatic heterocycles. The van der Waals surface area contributed by atoms with Crippen molar-refractivity contribution in [1.82, 2.24) is 0 Å². The molecule has 0 saturated heterocycles. The van der Waals surface area contributed by atoms with Gasteiger partial charge in [-0.05, 0) is 55.3 Å². The number of nitrogens with two attached hydrogens (primary N) is 1. The predicted molar refractivity (Wildman–Crippen MR) is 81.1 cm³/mol. The standard InChI is InChI=1S/C17H29NO2/c1-17(2)13-10-12(16(18)14(17)11-13)8-6-4-5-7-9-15(19)20-3/h7,9,12-14,16H,4-6,8,10-11,18H2,1-3H3/b9-7+/t12-,13+,14+,16+/m0/s1. The largest absolute Gasteiger partial charge is 0.466 e. The van der Waals surface area contributed by atoms with E-state index in [4.69, 9.17) is 5.73 Å². The summed E-state index contributed by atoms with van der Waals surface area (Å²) in [6.07, 6.45) is 10.7. The molecule has 20 heavy (non-hydrogen) atoms. The molecular formula is C17H29NO2. The highest BCUT2D eigenvalue weighted by molar-refractivity contribution is 5.81. The van der Waals surface area contributed by atoms with Gasteiger partial charge in [0.1, 0.15) is 0 Å². The summed E-state index contributed by atoms with van der Waals surface area (Å²) in [5.41, 5.74) is 6.94. The molecule has 4 atom stereocenters. The van der Waals surface area contributed by atoms with Crippen LogP contribution in [0.3, 0.4) is 0 Å². The van der Waals surface area contributed by atoms with Gasteiger partial charge in [0.15, 0.2) is 0 Å². The number of hydrogen-bond donors (Lipinski definition) is 1. The molecule has 3 rings (SSSR count). The number of methoxy groups -OCH3 is 1. The van der Waals surface area contributed by atoms with Gasteiger partial charge in [-0.25, -0.2) is 4.79 Å². The van der Waals surface area contributed by atoms with Crippen LogP contribution in [0.4, 0.5) is 0 Å². The van der Waals surface area contributed by atoms with E-state index in [9.17, 15) is 4.79 Å². The average Bonchev–Trinajstić information content (AvgIpc) is 2.43. The monoisotopic (exact) mass is 279 g/mol. The second-order valence-corrected chi connectivity index (χ2v) is 7.14. The van der Waals surface area contributed by atoms with E-state index in [0.29, 0.717) is 11.5 Å². The second kappa shape index (κ2) is 6.30. The molecule has 2 N–H and O–H groups in total. The van der Waals surface area contributed by atoms with Gasteiger partial charge in [0.25, 0.3) is 0 Å². The molecule has 3 aliphatic carbocycles. The Morgan fingerprint density at radius 1 is 1.35 bits per heavy atom. The Hall–Kier alpha value is -0.830. The first kappa shape index (κ1) is 15.6. The van der Waals surface area contributed by atoms with Crippen LogP contribution >= 0.6 is 0 Å². The van der Waals surface area contributed by atoms with Crippen molar-refractivity contribution in [2.75, 3.05) is 7.11 Å². The van der Waals surface area contributed by atoms with Crippen LogP contribution in [0.1, 0.15) is 52.4 Å². The Morgan fingerprint density at radius 3 is 2.70 bits per heavy atom. The molecule has 3 fully saturated rings. The summed E-state index contributed by atoms with van der Waals surface area (Å²) >= 11 is 0. The molecule has 3 nitrogen and oxygen atoms in total. The van der Waals surface area contributed by atoms with E-state index < -0.39 is 0 Å². The summed E-state index contributed by atoms with van der Waals surface area (Å²) in [6, 6.07) is 0.403. The fourth-order valence-electron chi connectivity index (χ4n) is 4.19. The minimum atomic E-state index is -0.262. The highest BCUT2D eigenvalue weighted by Crippen LogP contribution is 2.60. The lowest BCUT2D eigenvalue weighted by atomic mass is 9.45. The van der Waals surface area contributed by atoms with E-state index in [0.717, 1.165) is 30.6 Å². The summed E-state index contributed by atoms with van der Waals surface area (Å²) in [5.74, 6) is 2.10. The average molecular weight is 279 g/mol. The molecule has 0 unspecified atom stereocenters. The molecule has 0 heterocycles. The highest BCUT2D eigenvalue weighted by atomic mass is 16.5. The van der Waals surface area contributed by atoms with Crippen molar-refractivity contribution in [3.63, 3.8) is 0 Å². The summed E-state index contributed by atoms with van der Waals surface area (Å²) in [4.78, 5) is 10.9. The SMILES string of the molecule is COC(=O)/C=C/CCCC[C@H]1C[C@@H]2C[C@H]([C@@H]1N)C2(C)C. The number of allylic oxidation sites excluding steroid dienone is 1. The van der Waals surface area contributed by atoms with Crippen molar-refractivity contribution in [3.8, 4) is 0 Å². The first-order valence-electron chi connectivity index (χ1n) is 7.97. The minimum absolute atomic E-state index is 0.262. The predicted octanol–water partition coefficient (Wildman–Crippen LogP) is 3.29. The first-order chi connectivity index (χ1) is 9.46. The topological polar surface area (TPSA) is 52.3 Å². The maximum absolute atomic E-state index is 10.9. The molecule has 0 amide bonds. The number of carbonyl (C=O) groups excluding carboxylic acids is 1. The molecule has 2 bridgehead atoms. The van der Waals surface area contributed by atoms with E-state index in [1.54, 1.807) is 0 Å². The summed E-state index contributed by atoms with van der Waals surface area (Å²) < 4.78 is 4.56. The summed E-state index contributed by atoms with van der Waals surface area (Å²) in [6.45, 7) is 4.78. The van der Waals surface area contributed by atoms with Gasteiger partial charge in [0, 0.05) is 12.1 Å². The Bertz CT molecular complexity index is 375. The molecule has 114 valence electrons. The lowest BCUT2D eigenvalue weighted by molar-refractivity contribution is -0.134. The lowest BCUT2D eigenvalue weighted by Crippen LogP contribution is -2.61. The zero-order chi connectivity index (χ0) is 14.8. The summed E-state index contributed by atoms with van der Waals surface area (Å²) in [7, 11) is 1.41. The van der Waals surface area contributed by atoms with E-state index >= 15 is 0 Å². The summed E-state index contributed by atoms with van der Waals surface area (Å²) in [5, 5.41) is 0. The smallest absolute Gasteiger partial charge is 0.330 e. The molecule has 0 radical (unpaired) electrons. The van der Waals surface area contributed by atoms with Gasteiger partial charge in [-0.1, -0.05) is 26.3 Å². The van der Waals surface area contributed by atoms with Crippen LogP contribution in [0.5, 0.6) is 0 Å². The third-order valence-corrected chi connectivity index (χ3v) is 5.79. The third kappa shape index (κ3) is 3.08. The van der Waals surface area contributed by atoms with E-state index in [-0.39, 0.29) is 5.97 Å². The van der Waals surface area contributed by atoms with Crippen LogP contribution in [0, 0.1) is 23.2 Å². The molecular weight excluding hydrogens is 250 g/mol. The molecule has 3 heteroatoms. The Kier molecular flexibility index (Phi) is 4.90. The maximum Gasteiger partial charge on any atom is 0.330 e. The highest BCUT2D eigenvalue weighted by Gasteiger charge is 2.56. The minimum Gasteiger partial charge on any atom is -0.466 e. The second-order valence-electron chi connectivity index (χ2n) is 7.14.